The Bertz CT molecular complexity index is 321. The van der Waals surface area contributed by atoms with Crippen molar-refractivity contribution in [1.82, 2.24) is 9.55 Å². The van der Waals surface area contributed by atoms with Crippen molar-refractivity contribution in [3.05, 3.63) is 18.2 Å². The largest absolute Gasteiger partial charge is 0.387 e. The van der Waals surface area contributed by atoms with Gasteiger partial charge in [-0.3, -0.25) is 0 Å². The Morgan fingerprint density at radius 2 is 2.25 bits per heavy atom. The molecule has 16 heavy (non-hydrogen) atoms. The number of ether oxygens (including phenoxy) is 1. The third-order valence-corrected chi connectivity index (χ3v) is 3.00. The predicted molar refractivity (Wildman–Crippen MR) is 63.2 cm³/mol. The quantitative estimate of drug-likeness (QED) is 0.808. The van der Waals surface area contributed by atoms with Gasteiger partial charge in [0.15, 0.2) is 0 Å². The highest BCUT2D eigenvalue weighted by Crippen LogP contribution is 2.24. The minimum absolute atomic E-state index is 0.182. The van der Waals surface area contributed by atoms with Crippen molar-refractivity contribution in [2.45, 2.75) is 51.9 Å². The number of methoxy groups -OCH3 is 1. The first-order valence-electron chi connectivity index (χ1n) is 5.73. The molecule has 0 amide bonds. The Morgan fingerprint density at radius 1 is 1.56 bits per heavy atom. The highest BCUT2D eigenvalue weighted by Gasteiger charge is 2.20. The number of aromatic nitrogens is 2. The maximum atomic E-state index is 10.1. The van der Waals surface area contributed by atoms with Crippen LogP contribution < -0.4 is 0 Å². The summed E-state index contributed by atoms with van der Waals surface area (Å²) in [4.78, 5) is 4.05. The molecule has 0 fully saturated rings. The molecular weight excluding hydrogens is 204 g/mol. The predicted octanol–water partition coefficient (Wildman–Crippen LogP) is 2.14. The van der Waals surface area contributed by atoms with Crippen LogP contribution in [0.4, 0.5) is 0 Å². The number of imidazole rings is 1. The second-order valence-electron chi connectivity index (χ2n) is 4.62. The van der Waals surface area contributed by atoms with Crippen molar-refractivity contribution in [1.29, 1.82) is 0 Å². The summed E-state index contributed by atoms with van der Waals surface area (Å²) in [5.74, 6) is 0. The molecule has 0 radical (unpaired) electrons. The molecule has 1 aromatic rings. The minimum atomic E-state index is -0.461. The number of aryl methyl sites for hydroxylation is 1. The van der Waals surface area contributed by atoms with E-state index in [4.69, 9.17) is 4.74 Å². The molecule has 0 bridgehead atoms. The van der Waals surface area contributed by atoms with Gasteiger partial charge in [-0.2, -0.15) is 0 Å². The Morgan fingerprint density at radius 3 is 2.81 bits per heavy atom. The Kier molecular flexibility index (Phi) is 4.50. The highest BCUT2D eigenvalue weighted by atomic mass is 16.5. The van der Waals surface area contributed by atoms with E-state index in [1.165, 1.54) is 0 Å². The number of aliphatic hydroxyl groups excluding tert-OH is 1. The average Bonchev–Trinajstić information content (AvgIpc) is 2.74. The van der Waals surface area contributed by atoms with Crippen LogP contribution in [0.25, 0.3) is 0 Å². The lowest BCUT2D eigenvalue weighted by molar-refractivity contribution is 0.00210. The van der Waals surface area contributed by atoms with Gasteiger partial charge in [0.05, 0.1) is 29.9 Å². The summed E-state index contributed by atoms with van der Waals surface area (Å²) in [6.07, 6.45) is 4.52. The maximum Gasteiger partial charge on any atom is 0.0956 e. The van der Waals surface area contributed by atoms with E-state index in [1.807, 2.05) is 25.3 Å². The van der Waals surface area contributed by atoms with Crippen LogP contribution in [0, 0.1) is 0 Å². The van der Waals surface area contributed by atoms with Gasteiger partial charge in [0, 0.05) is 13.7 Å². The molecule has 92 valence electrons. The zero-order chi connectivity index (χ0) is 12.2. The van der Waals surface area contributed by atoms with E-state index in [-0.39, 0.29) is 5.60 Å². The Labute approximate surface area is 97.3 Å². The van der Waals surface area contributed by atoms with Gasteiger partial charge >= 0.3 is 0 Å². The van der Waals surface area contributed by atoms with Gasteiger partial charge in [0.25, 0.3) is 0 Å². The monoisotopic (exact) mass is 226 g/mol. The molecule has 1 atom stereocenters. The summed E-state index contributed by atoms with van der Waals surface area (Å²) in [7, 11) is 1.70. The molecule has 0 saturated heterocycles. The number of rotatable bonds is 6. The summed E-state index contributed by atoms with van der Waals surface area (Å²) >= 11 is 0. The van der Waals surface area contributed by atoms with Crippen molar-refractivity contribution in [3.8, 4) is 0 Å². The molecule has 1 unspecified atom stereocenters. The van der Waals surface area contributed by atoms with Gasteiger partial charge < -0.3 is 14.4 Å². The molecule has 0 spiro atoms. The van der Waals surface area contributed by atoms with Gasteiger partial charge in [0.2, 0.25) is 0 Å². The second kappa shape index (κ2) is 5.46. The number of nitrogens with zero attached hydrogens (tertiary/aromatic N) is 2. The molecule has 1 aromatic heterocycles. The first kappa shape index (κ1) is 13.2. The van der Waals surface area contributed by atoms with E-state index in [2.05, 4.69) is 4.98 Å². The maximum absolute atomic E-state index is 10.1. The first-order chi connectivity index (χ1) is 7.50. The molecule has 0 aromatic carbocycles. The van der Waals surface area contributed by atoms with Crippen molar-refractivity contribution < 1.29 is 9.84 Å². The van der Waals surface area contributed by atoms with Crippen LogP contribution in [0.3, 0.4) is 0 Å². The van der Waals surface area contributed by atoms with Crippen LogP contribution in [0.15, 0.2) is 12.5 Å². The third kappa shape index (κ3) is 3.32. The van der Waals surface area contributed by atoms with Crippen molar-refractivity contribution in [2.75, 3.05) is 7.11 Å². The lowest BCUT2D eigenvalue weighted by atomic mass is 9.99. The number of aliphatic hydroxyl groups is 1. The van der Waals surface area contributed by atoms with Gasteiger partial charge in [-0.05, 0) is 33.6 Å². The van der Waals surface area contributed by atoms with Crippen LogP contribution >= 0.6 is 0 Å². The van der Waals surface area contributed by atoms with E-state index in [0.29, 0.717) is 6.42 Å². The van der Waals surface area contributed by atoms with Crippen LogP contribution in [0.2, 0.25) is 0 Å². The summed E-state index contributed by atoms with van der Waals surface area (Å²) in [6.45, 7) is 6.92. The topological polar surface area (TPSA) is 47.3 Å². The lowest BCUT2D eigenvalue weighted by Crippen LogP contribution is -2.23. The zero-order valence-corrected chi connectivity index (χ0v) is 10.6. The molecule has 1 rings (SSSR count). The van der Waals surface area contributed by atoms with E-state index in [9.17, 15) is 5.11 Å². The molecule has 1 N–H and O–H groups in total. The van der Waals surface area contributed by atoms with E-state index in [1.54, 1.807) is 19.6 Å². The molecule has 0 aliphatic carbocycles. The summed E-state index contributed by atoms with van der Waals surface area (Å²) in [5, 5.41) is 10.1. The SMILES string of the molecule is CCn1cncc1C(O)CCC(C)(C)OC. The molecule has 4 nitrogen and oxygen atoms in total. The van der Waals surface area contributed by atoms with Crippen molar-refractivity contribution in [3.63, 3.8) is 0 Å². The number of hydrogen-bond acceptors (Lipinski definition) is 3. The second-order valence-corrected chi connectivity index (χ2v) is 4.62. The van der Waals surface area contributed by atoms with Gasteiger partial charge in [-0.1, -0.05) is 0 Å². The molecule has 0 aliphatic heterocycles. The Balaban J connectivity index is 2.56. The fourth-order valence-electron chi connectivity index (χ4n) is 1.61. The fraction of sp³-hybridized carbons (Fsp3) is 0.750. The molecule has 1 heterocycles. The average molecular weight is 226 g/mol. The van der Waals surface area contributed by atoms with Crippen molar-refractivity contribution >= 4 is 0 Å². The molecule has 0 aliphatic rings. The molecule has 4 heteroatoms. The molecular formula is C12H22N2O2. The van der Waals surface area contributed by atoms with Crippen LogP contribution in [0.1, 0.15) is 45.4 Å². The van der Waals surface area contributed by atoms with Crippen LogP contribution in [-0.4, -0.2) is 27.4 Å². The van der Waals surface area contributed by atoms with Crippen LogP contribution in [-0.2, 0) is 11.3 Å². The van der Waals surface area contributed by atoms with Gasteiger partial charge in [0.1, 0.15) is 0 Å². The summed E-state index contributed by atoms with van der Waals surface area (Å²) in [5.41, 5.74) is 0.701. The van der Waals surface area contributed by atoms with Gasteiger partial charge in [-0.25, -0.2) is 4.98 Å². The van der Waals surface area contributed by atoms with E-state index in [0.717, 1.165) is 18.7 Å². The normalized spacial score (nSPS) is 14.1. The van der Waals surface area contributed by atoms with E-state index < -0.39 is 6.10 Å². The minimum Gasteiger partial charge on any atom is -0.387 e. The molecule has 0 saturated carbocycles. The van der Waals surface area contributed by atoms with Crippen molar-refractivity contribution in [2.24, 2.45) is 0 Å². The summed E-state index contributed by atoms with van der Waals surface area (Å²) in [6, 6.07) is 0. The van der Waals surface area contributed by atoms with Crippen LogP contribution in [0.5, 0.6) is 0 Å². The fourth-order valence-corrected chi connectivity index (χ4v) is 1.61. The first-order valence-corrected chi connectivity index (χ1v) is 5.73. The Hall–Kier alpha value is -0.870. The standard InChI is InChI=1S/C12H22N2O2/c1-5-14-9-13-8-10(14)11(15)6-7-12(2,3)16-4/h8-9,11,15H,5-7H2,1-4H3. The number of hydrogen-bond donors (Lipinski definition) is 1. The van der Waals surface area contributed by atoms with Gasteiger partial charge in [-0.15, -0.1) is 0 Å². The van der Waals surface area contributed by atoms with E-state index >= 15 is 0 Å². The smallest absolute Gasteiger partial charge is 0.0956 e. The zero-order valence-electron chi connectivity index (χ0n) is 10.6. The highest BCUT2D eigenvalue weighted by molar-refractivity contribution is 5.02. The third-order valence-electron chi connectivity index (χ3n) is 3.00. The lowest BCUT2D eigenvalue weighted by Gasteiger charge is -2.24. The summed E-state index contributed by atoms with van der Waals surface area (Å²) < 4.78 is 7.29.